The maximum atomic E-state index is 5.40. The predicted octanol–water partition coefficient (Wildman–Crippen LogP) is 1.68. The zero-order valence-electron chi connectivity index (χ0n) is 8.90. The summed E-state index contributed by atoms with van der Waals surface area (Å²) in [5.41, 5.74) is 0. The Balaban J connectivity index is 2.02. The lowest BCUT2D eigenvalue weighted by molar-refractivity contribution is 0.0874. The van der Waals surface area contributed by atoms with Crippen molar-refractivity contribution < 1.29 is 9.47 Å². The van der Waals surface area contributed by atoms with E-state index in [0.717, 1.165) is 37.6 Å². The predicted molar refractivity (Wildman–Crippen MR) is 58.3 cm³/mol. The topological polar surface area (TPSA) is 43.4 Å². The molecule has 1 aromatic rings. The second kappa shape index (κ2) is 4.98. The summed E-state index contributed by atoms with van der Waals surface area (Å²) in [6.45, 7) is 1.62. The van der Waals surface area contributed by atoms with Crippen LogP contribution in [0.25, 0.3) is 0 Å². The highest BCUT2D eigenvalue weighted by Gasteiger charge is 2.15. The van der Waals surface area contributed by atoms with E-state index in [1.165, 1.54) is 0 Å². The minimum atomic E-state index is 0.350. The molecule has 1 fully saturated rings. The maximum Gasteiger partial charge on any atom is 0.169 e. The summed E-state index contributed by atoms with van der Waals surface area (Å²) < 4.78 is 10.6. The molecule has 1 N–H and O–H groups in total. The Morgan fingerprint density at radius 1 is 1.60 bits per heavy atom. The van der Waals surface area contributed by atoms with Gasteiger partial charge in [-0.3, -0.25) is 0 Å². The quantitative estimate of drug-likeness (QED) is 0.820. The SMILES string of the molecule is COc1cccnc1NC1CCCOC1. The van der Waals surface area contributed by atoms with Crippen molar-refractivity contribution >= 4 is 5.82 Å². The molecule has 2 heterocycles. The smallest absolute Gasteiger partial charge is 0.169 e. The van der Waals surface area contributed by atoms with E-state index in [1.807, 2.05) is 12.1 Å². The van der Waals surface area contributed by atoms with Gasteiger partial charge in [0.15, 0.2) is 11.6 Å². The zero-order valence-corrected chi connectivity index (χ0v) is 8.90. The third-order valence-corrected chi connectivity index (χ3v) is 2.49. The molecular formula is C11H16N2O2. The van der Waals surface area contributed by atoms with Crippen LogP contribution in [0.4, 0.5) is 5.82 Å². The molecule has 1 atom stereocenters. The van der Waals surface area contributed by atoms with E-state index in [0.29, 0.717) is 6.04 Å². The van der Waals surface area contributed by atoms with Crippen LogP contribution in [0, 0.1) is 0 Å². The van der Waals surface area contributed by atoms with Gasteiger partial charge in [-0.25, -0.2) is 4.98 Å². The van der Waals surface area contributed by atoms with Crippen LogP contribution in [0.3, 0.4) is 0 Å². The molecule has 1 unspecified atom stereocenters. The van der Waals surface area contributed by atoms with Crippen molar-refractivity contribution in [3.8, 4) is 5.75 Å². The number of anilines is 1. The van der Waals surface area contributed by atoms with Gasteiger partial charge < -0.3 is 14.8 Å². The second-order valence-corrected chi connectivity index (χ2v) is 3.61. The van der Waals surface area contributed by atoms with Gasteiger partial charge >= 0.3 is 0 Å². The molecule has 1 aromatic heterocycles. The molecule has 1 aliphatic heterocycles. The highest BCUT2D eigenvalue weighted by Crippen LogP contribution is 2.22. The number of methoxy groups -OCH3 is 1. The van der Waals surface area contributed by atoms with Gasteiger partial charge in [-0.05, 0) is 25.0 Å². The molecule has 4 nitrogen and oxygen atoms in total. The first-order valence-electron chi connectivity index (χ1n) is 5.23. The van der Waals surface area contributed by atoms with E-state index in [2.05, 4.69) is 10.3 Å². The molecule has 1 aliphatic rings. The molecule has 2 rings (SSSR count). The van der Waals surface area contributed by atoms with E-state index in [1.54, 1.807) is 13.3 Å². The van der Waals surface area contributed by atoms with Crippen LogP contribution in [0.5, 0.6) is 5.75 Å². The average Bonchev–Trinajstić information content (AvgIpc) is 2.31. The molecule has 0 radical (unpaired) electrons. The van der Waals surface area contributed by atoms with Crippen molar-refractivity contribution in [2.45, 2.75) is 18.9 Å². The average molecular weight is 208 g/mol. The highest BCUT2D eigenvalue weighted by atomic mass is 16.5. The molecule has 0 bridgehead atoms. The van der Waals surface area contributed by atoms with Gasteiger partial charge in [0.1, 0.15) is 0 Å². The lowest BCUT2D eigenvalue weighted by atomic mass is 10.1. The molecule has 0 aromatic carbocycles. The standard InChI is InChI=1S/C11H16N2O2/c1-14-10-5-2-6-12-11(10)13-9-4-3-7-15-8-9/h2,5-6,9H,3-4,7-8H2,1H3,(H,12,13). The minimum absolute atomic E-state index is 0.350. The number of aromatic nitrogens is 1. The van der Waals surface area contributed by atoms with Gasteiger partial charge in [-0.15, -0.1) is 0 Å². The summed E-state index contributed by atoms with van der Waals surface area (Å²) in [6, 6.07) is 4.11. The van der Waals surface area contributed by atoms with Crippen molar-refractivity contribution in [1.82, 2.24) is 4.98 Å². The Bertz CT molecular complexity index is 311. The van der Waals surface area contributed by atoms with Gasteiger partial charge in [0.2, 0.25) is 0 Å². The number of nitrogens with one attached hydrogen (secondary N) is 1. The van der Waals surface area contributed by atoms with Crippen LogP contribution in [-0.4, -0.2) is 31.3 Å². The summed E-state index contributed by atoms with van der Waals surface area (Å²) in [4.78, 5) is 4.25. The summed E-state index contributed by atoms with van der Waals surface area (Å²) in [6.07, 6.45) is 3.99. The molecule has 0 amide bonds. The normalized spacial score (nSPS) is 21.0. The fourth-order valence-electron chi connectivity index (χ4n) is 1.71. The van der Waals surface area contributed by atoms with Crippen LogP contribution < -0.4 is 10.1 Å². The second-order valence-electron chi connectivity index (χ2n) is 3.61. The summed E-state index contributed by atoms with van der Waals surface area (Å²) >= 11 is 0. The number of hydrogen-bond acceptors (Lipinski definition) is 4. The molecule has 15 heavy (non-hydrogen) atoms. The number of nitrogens with zero attached hydrogens (tertiary/aromatic N) is 1. The molecule has 0 aliphatic carbocycles. The minimum Gasteiger partial charge on any atom is -0.493 e. The van der Waals surface area contributed by atoms with Crippen LogP contribution >= 0.6 is 0 Å². The van der Waals surface area contributed by atoms with Crippen molar-refractivity contribution in [2.24, 2.45) is 0 Å². The Morgan fingerprint density at radius 3 is 3.27 bits per heavy atom. The van der Waals surface area contributed by atoms with Crippen LogP contribution in [-0.2, 0) is 4.74 Å². The first-order chi connectivity index (χ1) is 7.40. The van der Waals surface area contributed by atoms with Crippen molar-refractivity contribution in [1.29, 1.82) is 0 Å². The lowest BCUT2D eigenvalue weighted by Gasteiger charge is -2.24. The Hall–Kier alpha value is -1.29. The number of ether oxygens (including phenoxy) is 2. The van der Waals surface area contributed by atoms with Crippen molar-refractivity contribution in [3.63, 3.8) is 0 Å². The molecule has 4 heteroatoms. The largest absolute Gasteiger partial charge is 0.493 e. The lowest BCUT2D eigenvalue weighted by Crippen LogP contribution is -2.30. The van der Waals surface area contributed by atoms with E-state index in [4.69, 9.17) is 9.47 Å². The van der Waals surface area contributed by atoms with Crippen LogP contribution in [0.15, 0.2) is 18.3 Å². The Kier molecular flexibility index (Phi) is 3.40. The summed E-state index contributed by atoms with van der Waals surface area (Å²) in [5.74, 6) is 1.58. The maximum absolute atomic E-state index is 5.40. The highest BCUT2D eigenvalue weighted by molar-refractivity contribution is 5.50. The molecular weight excluding hydrogens is 192 g/mol. The van der Waals surface area contributed by atoms with E-state index in [-0.39, 0.29) is 0 Å². The fourth-order valence-corrected chi connectivity index (χ4v) is 1.71. The van der Waals surface area contributed by atoms with E-state index < -0.39 is 0 Å². The Morgan fingerprint density at radius 2 is 2.53 bits per heavy atom. The Labute approximate surface area is 89.6 Å². The van der Waals surface area contributed by atoms with Gasteiger partial charge in [-0.1, -0.05) is 0 Å². The molecule has 0 spiro atoms. The summed E-state index contributed by atoms with van der Waals surface area (Å²) in [5, 5.41) is 3.34. The molecule has 1 saturated heterocycles. The van der Waals surface area contributed by atoms with E-state index in [9.17, 15) is 0 Å². The van der Waals surface area contributed by atoms with Crippen LogP contribution in [0.2, 0.25) is 0 Å². The zero-order chi connectivity index (χ0) is 10.5. The number of hydrogen-bond donors (Lipinski definition) is 1. The third kappa shape index (κ3) is 2.59. The number of rotatable bonds is 3. The molecule has 0 saturated carbocycles. The number of pyridine rings is 1. The monoisotopic (exact) mass is 208 g/mol. The van der Waals surface area contributed by atoms with Gasteiger partial charge in [-0.2, -0.15) is 0 Å². The fraction of sp³-hybridized carbons (Fsp3) is 0.545. The molecule has 82 valence electrons. The first kappa shape index (κ1) is 10.2. The summed E-state index contributed by atoms with van der Waals surface area (Å²) in [7, 11) is 1.65. The van der Waals surface area contributed by atoms with E-state index >= 15 is 0 Å². The van der Waals surface area contributed by atoms with Gasteiger partial charge in [0, 0.05) is 12.8 Å². The van der Waals surface area contributed by atoms with Crippen molar-refractivity contribution in [2.75, 3.05) is 25.6 Å². The van der Waals surface area contributed by atoms with Gasteiger partial charge in [0.05, 0.1) is 19.8 Å². The van der Waals surface area contributed by atoms with Crippen LogP contribution in [0.1, 0.15) is 12.8 Å². The first-order valence-corrected chi connectivity index (χ1v) is 5.23. The third-order valence-electron chi connectivity index (χ3n) is 2.49. The van der Waals surface area contributed by atoms with Gasteiger partial charge in [0.25, 0.3) is 0 Å². The van der Waals surface area contributed by atoms with Crippen molar-refractivity contribution in [3.05, 3.63) is 18.3 Å².